The van der Waals surface area contributed by atoms with E-state index in [4.69, 9.17) is 0 Å². The standard InChI is InChI=1S/C17H25FN6O/c1-4-23-8-6-20-16(17(23)25)22(3)11-14-9-13(18)10-24(14)12-15-19-5-7-21(15)2/h5-8,13-14H,4,9-12H2,1-3H3/t13-,14-/m0/s1. The Labute approximate surface area is 146 Å². The third kappa shape index (κ3) is 3.73. The molecule has 1 saturated heterocycles. The molecule has 1 aliphatic heterocycles. The van der Waals surface area contributed by atoms with Gasteiger partial charge in [0.2, 0.25) is 0 Å². The summed E-state index contributed by atoms with van der Waals surface area (Å²) in [6, 6.07) is 0.0215. The molecule has 1 fully saturated rings. The second kappa shape index (κ2) is 7.35. The van der Waals surface area contributed by atoms with Crippen LogP contribution in [0.15, 0.2) is 29.6 Å². The number of imidazole rings is 1. The van der Waals surface area contributed by atoms with Crippen molar-refractivity contribution >= 4 is 5.82 Å². The van der Waals surface area contributed by atoms with Gasteiger partial charge >= 0.3 is 0 Å². The van der Waals surface area contributed by atoms with E-state index < -0.39 is 6.17 Å². The lowest BCUT2D eigenvalue weighted by Gasteiger charge is -2.28. The Morgan fingerprint density at radius 1 is 1.32 bits per heavy atom. The maximum atomic E-state index is 14.0. The second-order valence-corrected chi connectivity index (χ2v) is 6.59. The summed E-state index contributed by atoms with van der Waals surface area (Å²) in [5, 5.41) is 0. The number of rotatable bonds is 6. The van der Waals surface area contributed by atoms with Crippen molar-refractivity contribution in [1.29, 1.82) is 0 Å². The molecule has 3 rings (SSSR count). The second-order valence-electron chi connectivity index (χ2n) is 6.59. The van der Waals surface area contributed by atoms with Gasteiger partial charge in [-0.1, -0.05) is 0 Å². The predicted octanol–water partition coefficient (Wildman–Crippen LogP) is 1.05. The van der Waals surface area contributed by atoms with E-state index in [0.29, 0.717) is 38.4 Å². The molecule has 0 N–H and O–H groups in total. The van der Waals surface area contributed by atoms with Crippen LogP contribution >= 0.6 is 0 Å². The molecular weight excluding hydrogens is 323 g/mol. The largest absolute Gasteiger partial charge is 0.354 e. The van der Waals surface area contributed by atoms with Gasteiger partial charge in [0.1, 0.15) is 12.0 Å². The summed E-state index contributed by atoms with van der Waals surface area (Å²) in [7, 11) is 3.78. The third-order valence-electron chi connectivity index (χ3n) is 4.82. The van der Waals surface area contributed by atoms with E-state index in [1.807, 2.05) is 36.7 Å². The highest BCUT2D eigenvalue weighted by Crippen LogP contribution is 2.23. The smallest absolute Gasteiger partial charge is 0.293 e. The first-order chi connectivity index (χ1) is 12.0. The van der Waals surface area contributed by atoms with Crippen LogP contribution in [-0.4, -0.2) is 56.4 Å². The van der Waals surface area contributed by atoms with Crippen LogP contribution in [0.1, 0.15) is 19.2 Å². The minimum atomic E-state index is -0.852. The molecule has 0 spiro atoms. The summed E-state index contributed by atoms with van der Waals surface area (Å²) >= 11 is 0. The molecular formula is C17H25FN6O. The number of nitrogens with zero attached hydrogens (tertiary/aromatic N) is 6. The van der Waals surface area contributed by atoms with Crippen LogP contribution in [0.4, 0.5) is 10.2 Å². The molecule has 0 bridgehead atoms. The van der Waals surface area contributed by atoms with Crippen LogP contribution in [0.25, 0.3) is 0 Å². The lowest BCUT2D eigenvalue weighted by Crippen LogP contribution is -2.41. The number of likely N-dealkylation sites (N-methyl/N-ethyl adjacent to an activating group) is 1. The molecule has 8 heteroatoms. The fourth-order valence-electron chi connectivity index (χ4n) is 3.39. The molecule has 2 aromatic heterocycles. The van der Waals surface area contributed by atoms with Gasteiger partial charge in [0.05, 0.1) is 6.54 Å². The number of anilines is 1. The molecule has 0 aliphatic carbocycles. The summed E-state index contributed by atoms with van der Waals surface area (Å²) in [6.45, 7) is 4.07. The molecule has 2 aromatic rings. The number of alkyl halides is 1. The van der Waals surface area contributed by atoms with Crippen LogP contribution in [0.2, 0.25) is 0 Å². The van der Waals surface area contributed by atoms with Gasteiger partial charge in [-0.3, -0.25) is 9.69 Å². The monoisotopic (exact) mass is 348 g/mol. The molecule has 1 aliphatic rings. The van der Waals surface area contributed by atoms with Crippen LogP contribution < -0.4 is 10.5 Å². The number of likely N-dealkylation sites (tertiary alicyclic amines) is 1. The molecule has 0 amide bonds. The van der Waals surface area contributed by atoms with Crippen molar-refractivity contribution in [1.82, 2.24) is 24.0 Å². The quantitative estimate of drug-likeness (QED) is 0.781. The topological polar surface area (TPSA) is 59.2 Å². The number of aromatic nitrogens is 4. The van der Waals surface area contributed by atoms with Gasteiger partial charge in [-0.25, -0.2) is 14.4 Å². The minimum Gasteiger partial charge on any atom is -0.354 e. The fraction of sp³-hybridized carbons (Fsp3) is 0.588. The highest BCUT2D eigenvalue weighted by molar-refractivity contribution is 5.34. The first kappa shape index (κ1) is 17.6. The van der Waals surface area contributed by atoms with Crippen molar-refractivity contribution in [3.05, 3.63) is 41.0 Å². The third-order valence-corrected chi connectivity index (χ3v) is 4.82. The van der Waals surface area contributed by atoms with Gasteiger partial charge in [0, 0.05) is 64.6 Å². The lowest BCUT2D eigenvalue weighted by molar-refractivity contribution is 0.229. The summed E-state index contributed by atoms with van der Waals surface area (Å²) in [5.41, 5.74) is -0.113. The van der Waals surface area contributed by atoms with Gasteiger partial charge in [-0.2, -0.15) is 0 Å². The van der Waals surface area contributed by atoms with Crippen molar-refractivity contribution in [3.8, 4) is 0 Å². The van der Waals surface area contributed by atoms with E-state index in [1.54, 1.807) is 23.2 Å². The molecule has 7 nitrogen and oxygen atoms in total. The van der Waals surface area contributed by atoms with E-state index in [0.717, 1.165) is 5.82 Å². The molecule has 136 valence electrons. The Balaban J connectivity index is 1.74. The summed E-state index contributed by atoms with van der Waals surface area (Å²) in [6.07, 6.45) is 6.56. The van der Waals surface area contributed by atoms with Gasteiger partial charge in [-0.15, -0.1) is 0 Å². The molecule has 0 unspecified atom stereocenters. The predicted molar refractivity (Wildman–Crippen MR) is 94.4 cm³/mol. The Bertz CT molecular complexity index is 772. The van der Waals surface area contributed by atoms with Crippen molar-refractivity contribution in [2.45, 2.75) is 38.6 Å². The zero-order valence-corrected chi connectivity index (χ0v) is 15.0. The van der Waals surface area contributed by atoms with Crippen molar-refractivity contribution in [2.24, 2.45) is 7.05 Å². The van der Waals surface area contributed by atoms with Crippen LogP contribution in [-0.2, 0) is 20.1 Å². The average molecular weight is 348 g/mol. The fourth-order valence-corrected chi connectivity index (χ4v) is 3.39. The molecule has 0 aromatic carbocycles. The number of halogens is 1. The molecule has 3 heterocycles. The number of aryl methyl sites for hydroxylation is 2. The lowest BCUT2D eigenvalue weighted by atomic mass is 10.2. The van der Waals surface area contributed by atoms with Gasteiger partial charge in [0.25, 0.3) is 5.56 Å². The zero-order chi connectivity index (χ0) is 18.0. The van der Waals surface area contributed by atoms with E-state index >= 15 is 0 Å². The maximum absolute atomic E-state index is 14.0. The zero-order valence-electron chi connectivity index (χ0n) is 15.0. The summed E-state index contributed by atoms with van der Waals surface area (Å²) in [5.74, 6) is 1.32. The van der Waals surface area contributed by atoms with E-state index in [-0.39, 0.29) is 11.6 Å². The highest BCUT2D eigenvalue weighted by Gasteiger charge is 2.33. The minimum absolute atomic E-state index is 0.0215. The average Bonchev–Trinajstić information content (AvgIpc) is 3.13. The molecule has 25 heavy (non-hydrogen) atoms. The van der Waals surface area contributed by atoms with E-state index in [1.165, 1.54) is 0 Å². The van der Waals surface area contributed by atoms with Gasteiger partial charge in [0.15, 0.2) is 5.82 Å². The highest BCUT2D eigenvalue weighted by atomic mass is 19.1. The van der Waals surface area contributed by atoms with Crippen LogP contribution in [0.5, 0.6) is 0 Å². The SMILES string of the molecule is CCn1ccnc(N(C)C[C@@H]2C[C@H](F)CN2Cc2nccn2C)c1=O. The molecule has 0 saturated carbocycles. The maximum Gasteiger partial charge on any atom is 0.293 e. The Morgan fingerprint density at radius 2 is 2.08 bits per heavy atom. The van der Waals surface area contributed by atoms with Gasteiger partial charge in [-0.05, 0) is 13.3 Å². The molecule has 2 atom stereocenters. The first-order valence-electron chi connectivity index (χ1n) is 8.60. The number of hydrogen-bond acceptors (Lipinski definition) is 5. The summed E-state index contributed by atoms with van der Waals surface area (Å²) < 4.78 is 17.6. The molecule has 0 radical (unpaired) electrons. The Hall–Kier alpha value is -2.22. The first-order valence-corrected chi connectivity index (χ1v) is 8.60. The van der Waals surface area contributed by atoms with E-state index in [9.17, 15) is 9.18 Å². The van der Waals surface area contributed by atoms with Crippen LogP contribution in [0, 0.1) is 0 Å². The van der Waals surface area contributed by atoms with E-state index in [2.05, 4.69) is 14.9 Å². The van der Waals surface area contributed by atoms with Gasteiger partial charge < -0.3 is 14.0 Å². The number of hydrogen-bond donors (Lipinski definition) is 0. The van der Waals surface area contributed by atoms with Crippen molar-refractivity contribution in [3.63, 3.8) is 0 Å². The van der Waals surface area contributed by atoms with Crippen molar-refractivity contribution in [2.75, 3.05) is 25.0 Å². The Morgan fingerprint density at radius 3 is 2.76 bits per heavy atom. The normalized spacial score (nSPS) is 21.0. The van der Waals surface area contributed by atoms with Crippen molar-refractivity contribution < 1.29 is 4.39 Å². The summed E-state index contributed by atoms with van der Waals surface area (Å²) in [4.78, 5) is 24.9. The Kier molecular flexibility index (Phi) is 5.17. The van der Waals surface area contributed by atoms with Crippen LogP contribution in [0.3, 0.4) is 0 Å².